The summed E-state index contributed by atoms with van der Waals surface area (Å²) in [6.45, 7) is 5.85. The first kappa shape index (κ1) is 19.9. The molecule has 0 aromatic carbocycles. The molecule has 1 nitrogen and oxygen atoms in total. The molecule has 0 rings (SSSR count). The van der Waals surface area contributed by atoms with E-state index in [0.717, 1.165) is 25.7 Å². The molecule has 1 heteroatoms. The highest BCUT2D eigenvalue weighted by Gasteiger charge is 2.02. The fraction of sp³-hybridized carbons (Fsp3) is 0.600. The molecule has 0 unspecified atom stereocenters. The third-order valence-corrected chi connectivity index (χ3v) is 3.52. The molecule has 1 N–H and O–H groups in total. The van der Waals surface area contributed by atoms with E-state index in [0.29, 0.717) is 0 Å². The van der Waals surface area contributed by atoms with Gasteiger partial charge in [-0.2, -0.15) is 0 Å². The van der Waals surface area contributed by atoms with Gasteiger partial charge >= 0.3 is 0 Å². The molecule has 0 radical (unpaired) electrons. The largest absolute Gasteiger partial charge is 0.393 e. The molecule has 0 heterocycles. The highest BCUT2D eigenvalue weighted by molar-refractivity contribution is 5.14. The van der Waals surface area contributed by atoms with E-state index in [1.807, 2.05) is 24.3 Å². The van der Waals surface area contributed by atoms with Crippen molar-refractivity contribution in [3.63, 3.8) is 0 Å². The molecule has 0 aromatic rings. The van der Waals surface area contributed by atoms with Crippen molar-refractivity contribution >= 4 is 0 Å². The summed E-state index contributed by atoms with van der Waals surface area (Å²) in [6.07, 6.45) is 25.6. The van der Waals surface area contributed by atoms with Crippen LogP contribution in [0.3, 0.4) is 0 Å². The first-order valence-corrected chi connectivity index (χ1v) is 8.60. The summed E-state index contributed by atoms with van der Waals surface area (Å²) in [5.74, 6) is 0. The maximum Gasteiger partial charge on any atom is 0.0540 e. The zero-order valence-electron chi connectivity index (χ0n) is 13.8. The van der Waals surface area contributed by atoms with E-state index in [2.05, 4.69) is 25.7 Å². The quantitative estimate of drug-likeness (QED) is 0.302. The van der Waals surface area contributed by atoms with E-state index in [4.69, 9.17) is 0 Å². The van der Waals surface area contributed by atoms with Crippen molar-refractivity contribution in [3.8, 4) is 0 Å². The number of aliphatic hydroxyl groups excluding tert-OH is 1. The second kappa shape index (κ2) is 17.0. The van der Waals surface area contributed by atoms with Crippen LogP contribution < -0.4 is 0 Å². The van der Waals surface area contributed by atoms with Gasteiger partial charge in [-0.05, 0) is 25.7 Å². The molecule has 0 aromatic heterocycles. The van der Waals surface area contributed by atoms with Gasteiger partial charge in [0.2, 0.25) is 0 Å². The van der Waals surface area contributed by atoms with Crippen LogP contribution in [0.2, 0.25) is 0 Å². The molecular formula is C20H34O. The van der Waals surface area contributed by atoms with Gasteiger partial charge in [-0.3, -0.25) is 0 Å². The Morgan fingerprint density at radius 2 is 1.43 bits per heavy atom. The zero-order valence-corrected chi connectivity index (χ0v) is 13.8. The van der Waals surface area contributed by atoms with E-state index in [-0.39, 0.29) is 6.10 Å². The van der Waals surface area contributed by atoms with Crippen LogP contribution in [0.15, 0.2) is 49.1 Å². The minimum atomic E-state index is -0.101. The van der Waals surface area contributed by atoms with Gasteiger partial charge in [0.25, 0.3) is 0 Å². The number of rotatable bonds is 14. The molecule has 0 saturated heterocycles. The Morgan fingerprint density at radius 3 is 2.19 bits per heavy atom. The lowest BCUT2D eigenvalue weighted by molar-refractivity contribution is 0.148. The van der Waals surface area contributed by atoms with E-state index >= 15 is 0 Å². The van der Waals surface area contributed by atoms with E-state index < -0.39 is 0 Å². The lowest BCUT2D eigenvalue weighted by Gasteiger charge is -2.09. The zero-order chi connectivity index (χ0) is 15.6. The fourth-order valence-corrected chi connectivity index (χ4v) is 2.22. The standard InChI is InChI=1S/C20H34O/c1-3-5-7-9-11-12-13-15-17-19-20(21)18-16-14-10-8-6-4-2/h3,5,7,9,11-13,20-21H,1,4,6,8,10,14-19H2,2H3/t20-/m0/s1. The topological polar surface area (TPSA) is 20.2 Å². The molecular weight excluding hydrogens is 256 g/mol. The smallest absolute Gasteiger partial charge is 0.0540 e. The van der Waals surface area contributed by atoms with Crippen molar-refractivity contribution in [1.29, 1.82) is 0 Å². The second-order valence-electron chi connectivity index (χ2n) is 5.57. The molecule has 120 valence electrons. The van der Waals surface area contributed by atoms with Crippen LogP contribution in [0.4, 0.5) is 0 Å². The fourth-order valence-electron chi connectivity index (χ4n) is 2.22. The minimum Gasteiger partial charge on any atom is -0.393 e. The van der Waals surface area contributed by atoms with Gasteiger partial charge in [-0.1, -0.05) is 94.6 Å². The summed E-state index contributed by atoms with van der Waals surface area (Å²) in [5, 5.41) is 9.90. The molecule has 0 spiro atoms. The third-order valence-electron chi connectivity index (χ3n) is 3.52. The third kappa shape index (κ3) is 16.9. The SMILES string of the molecule is C=CC=CC=CC=CCCC[C@@H](O)CCCCCCCC. The molecule has 1 atom stereocenters. The highest BCUT2D eigenvalue weighted by atomic mass is 16.3. The van der Waals surface area contributed by atoms with Crippen LogP contribution in [0.5, 0.6) is 0 Å². The number of hydrogen-bond acceptors (Lipinski definition) is 1. The molecule has 0 bridgehead atoms. The summed E-state index contributed by atoms with van der Waals surface area (Å²) in [7, 11) is 0. The van der Waals surface area contributed by atoms with Crippen molar-refractivity contribution in [1.82, 2.24) is 0 Å². The van der Waals surface area contributed by atoms with Crippen molar-refractivity contribution < 1.29 is 5.11 Å². The summed E-state index contributed by atoms with van der Waals surface area (Å²) in [4.78, 5) is 0. The van der Waals surface area contributed by atoms with Crippen LogP contribution in [0.25, 0.3) is 0 Å². The molecule has 0 fully saturated rings. The van der Waals surface area contributed by atoms with Gasteiger partial charge in [0.1, 0.15) is 0 Å². The van der Waals surface area contributed by atoms with Crippen molar-refractivity contribution in [2.24, 2.45) is 0 Å². The minimum absolute atomic E-state index is 0.101. The Hall–Kier alpha value is -1.08. The van der Waals surface area contributed by atoms with Crippen LogP contribution >= 0.6 is 0 Å². The Bertz CT molecular complexity index is 299. The second-order valence-corrected chi connectivity index (χ2v) is 5.57. The number of allylic oxidation sites excluding steroid dienone is 7. The molecule has 21 heavy (non-hydrogen) atoms. The van der Waals surface area contributed by atoms with Crippen LogP contribution in [0, 0.1) is 0 Å². The Balaban J connectivity index is 3.38. The van der Waals surface area contributed by atoms with Crippen LogP contribution in [-0.2, 0) is 0 Å². The van der Waals surface area contributed by atoms with Crippen molar-refractivity contribution in [2.75, 3.05) is 0 Å². The summed E-state index contributed by atoms with van der Waals surface area (Å²) in [6, 6.07) is 0. The number of unbranched alkanes of at least 4 members (excludes halogenated alkanes) is 6. The van der Waals surface area contributed by atoms with E-state index in [9.17, 15) is 5.11 Å². The first-order valence-electron chi connectivity index (χ1n) is 8.60. The molecule has 0 saturated carbocycles. The Morgan fingerprint density at radius 1 is 0.810 bits per heavy atom. The van der Waals surface area contributed by atoms with E-state index in [1.54, 1.807) is 6.08 Å². The van der Waals surface area contributed by atoms with E-state index in [1.165, 1.54) is 38.5 Å². The summed E-state index contributed by atoms with van der Waals surface area (Å²) >= 11 is 0. The van der Waals surface area contributed by atoms with Gasteiger partial charge < -0.3 is 5.11 Å². The first-order chi connectivity index (χ1) is 10.3. The normalized spacial score (nSPS) is 13.6. The molecule has 0 aliphatic rings. The molecule has 0 aliphatic carbocycles. The van der Waals surface area contributed by atoms with Gasteiger partial charge in [-0.15, -0.1) is 0 Å². The Kier molecular flexibility index (Phi) is 16.1. The predicted molar refractivity (Wildman–Crippen MR) is 95.5 cm³/mol. The monoisotopic (exact) mass is 290 g/mol. The van der Waals surface area contributed by atoms with Crippen molar-refractivity contribution in [2.45, 2.75) is 77.2 Å². The van der Waals surface area contributed by atoms with Gasteiger partial charge in [0.05, 0.1) is 6.10 Å². The average Bonchev–Trinajstić information content (AvgIpc) is 2.49. The summed E-state index contributed by atoms with van der Waals surface area (Å²) < 4.78 is 0. The molecule has 0 amide bonds. The maximum atomic E-state index is 9.90. The highest BCUT2D eigenvalue weighted by Crippen LogP contribution is 2.12. The molecule has 0 aliphatic heterocycles. The van der Waals surface area contributed by atoms with Gasteiger partial charge in [0.15, 0.2) is 0 Å². The van der Waals surface area contributed by atoms with Gasteiger partial charge in [-0.25, -0.2) is 0 Å². The van der Waals surface area contributed by atoms with Gasteiger partial charge in [0, 0.05) is 0 Å². The maximum absolute atomic E-state index is 9.90. The van der Waals surface area contributed by atoms with Crippen LogP contribution in [0.1, 0.15) is 71.1 Å². The number of aliphatic hydroxyl groups is 1. The lowest BCUT2D eigenvalue weighted by atomic mass is 10.0. The average molecular weight is 290 g/mol. The number of hydrogen-bond donors (Lipinski definition) is 1. The lowest BCUT2D eigenvalue weighted by Crippen LogP contribution is -2.05. The predicted octanol–water partition coefficient (Wildman–Crippen LogP) is 6.12. The summed E-state index contributed by atoms with van der Waals surface area (Å²) in [5.41, 5.74) is 0. The van der Waals surface area contributed by atoms with Crippen LogP contribution in [-0.4, -0.2) is 11.2 Å². The Labute approximate surface area is 132 Å². The van der Waals surface area contributed by atoms with Crippen molar-refractivity contribution in [3.05, 3.63) is 49.1 Å².